The second-order valence-corrected chi connectivity index (χ2v) is 5.26. The quantitative estimate of drug-likeness (QED) is 0.643. The zero-order valence-electron chi connectivity index (χ0n) is 8.73. The number of carbonyl (C=O) groups is 3. The molecule has 0 aromatic carbocycles. The molecule has 0 radical (unpaired) electrons. The highest BCUT2D eigenvalue weighted by molar-refractivity contribution is 6.01. The third-order valence-electron chi connectivity index (χ3n) is 4.52. The lowest BCUT2D eigenvalue weighted by Crippen LogP contribution is -2.57. The topological polar surface area (TPSA) is 51.2 Å². The standard InChI is InChI=1S/C12H14O3/c1-5(13)10-8-3-6-2-7(12(8)15)4-9(10)11(6)14/h6-10H,2-4H2,1H3. The van der Waals surface area contributed by atoms with Gasteiger partial charge < -0.3 is 0 Å². The smallest absolute Gasteiger partial charge is 0.139 e. The van der Waals surface area contributed by atoms with E-state index < -0.39 is 0 Å². The fraction of sp³-hybridized carbons (Fsp3) is 0.750. The van der Waals surface area contributed by atoms with E-state index in [0.29, 0.717) is 12.8 Å². The summed E-state index contributed by atoms with van der Waals surface area (Å²) in [5.74, 6) is 0.207. The van der Waals surface area contributed by atoms with E-state index in [9.17, 15) is 14.4 Å². The Bertz CT molecular complexity index is 343. The minimum absolute atomic E-state index is 0.0329. The lowest BCUT2D eigenvalue weighted by atomic mass is 9.50. The first kappa shape index (κ1) is 9.25. The van der Waals surface area contributed by atoms with E-state index in [-0.39, 0.29) is 46.9 Å². The van der Waals surface area contributed by atoms with E-state index in [1.165, 1.54) is 6.92 Å². The Kier molecular flexibility index (Phi) is 1.71. The van der Waals surface area contributed by atoms with E-state index in [1.54, 1.807) is 0 Å². The fourth-order valence-corrected chi connectivity index (χ4v) is 3.95. The lowest BCUT2D eigenvalue weighted by molar-refractivity contribution is -0.162. The summed E-state index contributed by atoms with van der Waals surface area (Å²) < 4.78 is 0. The fourth-order valence-electron chi connectivity index (χ4n) is 3.95. The SMILES string of the molecule is CC(=O)C1C2CC3CC(CC1C3=O)C2=O. The molecule has 0 aromatic heterocycles. The molecule has 0 aliphatic heterocycles. The van der Waals surface area contributed by atoms with Crippen molar-refractivity contribution in [2.75, 3.05) is 0 Å². The molecule has 0 amide bonds. The summed E-state index contributed by atoms with van der Waals surface area (Å²) in [5, 5.41) is 0. The molecular formula is C12H14O3. The summed E-state index contributed by atoms with van der Waals surface area (Å²) >= 11 is 0. The highest BCUT2D eigenvalue weighted by Gasteiger charge is 2.58. The summed E-state index contributed by atoms with van der Waals surface area (Å²) in [6.07, 6.45) is 2.05. The van der Waals surface area contributed by atoms with Crippen molar-refractivity contribution in [3.05, 3.63) is 0 Å². The molecule has 0 aromatic rings. The average Bonchev–Trinajstić information content (AvgIpc) is 2.15. The van der Waals surface area contributed by atoms with Crippen molar-refractivity contribution >= 4 is 17.3 Å². The van der Waals surface area contributed by atoms with Crippen LogP contribution in [0.4, 0.5) is 0 Å². The van der Waals surface area contributed by atoms with Crippen LogP contribution in [0.3, 0.4) is 0 Å². The molecule has 3 heteroatoms. The van der Waals surface area contributed by atoms with Gasteiger partial charge in [0.1, 0.15) is 17.3 Å². The summed E-state index contributed by atoms with van der Waals surface area (Å²) in [7, 11) is 0. The van der Waals surface area contributed by atoms with Crippen molar-refractivity contribution in [2.24, 2.45) is 29.6 Å². The second kappa shape index (κ2) is 2.77. The maximum Gasteiger partial charge on any atom is 0.139 e. The van der Waals surface area contributed by atoms with Crippen LogP contribution in [-0.2, 0) is 14.4 Å². The molecule has 15 heavy (non-hydrogen) atoms. The van der Waals surface area contributed by atoms with Gasteiger partial charge in [-0.1, -0.05) is 0 Å². The van der Waals surface area contributed by atoms with Crippen LogP contribution in [0.1, 0.15) is 26.2 Å². The number of carbonyl (C=O) groups excluding carboxylic acids is 3. The van der Waals surface area contributed by atoms with E-state index >= 15 is 0 Å². The number of rotatable bonds is 1. The van der Waals surface area contributed by atoms with E-state index in [4.69, 9.17) is 0 Å². The molecule has 4 atom stereocenters. The second-order valence-electron chi connectivity index (χ2n) is 5.26. The minimum Gasteiger partial charge on any atom is -0.300 e. The Labute approximate surface area is 88.2 Å². The molecule has 3 nitrogen and oxygen atoms in total. The van der Waals surface area contributed by atoms with E-state index in [2.05, 4.69) is 0 Å². The van der Waals surface area contributed by atoms with Crippen molar-refractivity contribution in [2.45, 2.75) is 26.2 Å². The molecule has 4 aliphatic rings. The molecule has 80 valence electrons. The summed E-state index contributed by atoms with van der Waals surface area (Å²) in [5.41, 5.74) is 0. The first-order valence-electron chi connectivity index (χ1n) is 5.67. The van der Waals surface area contributed by atoms with E-state index in [1.807, 2.05) is 0 Å². The Morgan fingerprint density at radius 2 is 1.47 bits per heavy atom. The van der Waals surface area contributed by atoms with Crippen LogP contribution in [0.5, 0.6) is 0 Å². The van der Waals surface area contributed by atoms with Gasteiger partial charge in [-0.2, -0.15) is 0 Å². The molecule has 4 rings (SSSR count). The van der Waals surface area contributed by atoms with Gasteiger partial charge >= 0.3 is 0 Å². The zero-order chi connectivity index (χ0) is 10.7. The van der Waals surface area contributed by atoms with Crippen LogP contribution in [0.15, 0.2) is 0 Å². The van der Waals surface area contributed by atoms with Gasteiger partial charge in [-0.05, 0) is 26.2 Å². The maximum atomic E-state index is 11.9. The van der Waals surface area contributed by atoms with Crippen molar-refractivity contribution < 1.29 is 14.4 Å². The van der Waals surface area contributed by atoms with Crippen LogP contribution in [0, 0.1) is 29.6 Å². The van der Waals surface area contributed by atoms with Gasteiger partial charge in [-0.3, -0.25) is 14.4 Å². The van der Waals surface area contributed by atoms with Gasteiger partial charge in [-0.25, -0.2) is 0 Å². The molecule has 4 fully saturated rings. The molecule has 4 saturated carbocycles. The largest absolute Gasteiger partial charge is 0.300 e. The Hall–Kier alpha value is -0.990. The van der Waals surface area contributed by atoms with Gasteiger partial charge in [0.2, 0.25) is 0 Å². The predicted octanol–water partition coefficient (Wildman–Crippen LogP) is 1.01. The van der Waals surface area contributed by atoms with Gasteiger partial charge in [0.25, 0.3) is 0 Å². The normalized spacial score (nSPS) is 47.4. The molecule has 0 N–H and O–H groups in total. The van der Waals surface area contributed by atoms with Crippen molar-refractivity contribution in [3.8, 4) is 0 Å². The monoisotopic (exact) mass is 206 g/mol. The molecule has 4 aliphatic carbocycles. The predicted molar refractivity (Wildman–Crippen MR) is 52.0 cm³/mol. The third kappa shape index (κ3) is 1.04. The molecule has 0 heterocycles. The number of ketones is 3. The molecular weight excluding hydrogens is 192 g/mol. The van der Waals surface area contributed by atoms with Gasteiger partial charge in [0.15, 0.2) is 0 Å². The minimum atomic E-state index is -0.280. The molecule has 0 spiro atoms. The first-order valence-corrected chi connectivity index (χ1v) is 5.67. The van der Waals surface area contributed by atoms with Crippen LogP contribution < -0.4 is 0 Å². The summed E-state index contributed by atoms with van der Waals surface area (Å²) in [4.78, 5) is 35.4. The van der Waals surface area contributed by atoms with Crippen molar-refractivity contribution in [1.29, 1.82) is 0 Å². The van der Waals surface area contributed by atoms with Crippen molar-refractivity contribution in [1.82, 2.24) is 0 Å². The van der Waals surface area contributed by atoms with Crippen LogP contribution >= 0.6 is 0 Å². The Balaban J connectivity index is 2.03. The number of hydrogen-bond acceptors (Lipinski definition) is 3. The first-order chi connectivity index (χ1) is 7.09. The van der Waals surface area contributed by atoms with E-state index in [0.717, 1.165) is 6.42 Å². The molecule has 4 bridgehead atoms. The lowest BCUT2D eigenvalue weighted by Gasteiger charge is -2.51. The maximum absolute atomic E-state index is 11.9. The van der Waals surface area contributed by atoms with Gasteiger partial charge in [0, 0.05) is 29.6 Å². The molecule has 0 saturated heterocycles. The zero-order valence-corrected chi connectivity index (χ0v) is 8.73. The van der Waals surface area contributed by atoms with Crippen LogP contribution in [0.25, 0.3) is 0 Å². The third-order valence-corrected chi connectivity index (χ3v) is 4.52. The van der Waals surface area contributed by atoms with Gasteiger partial charge in [-0.15, -0.1) is 0 Å². The summed E-state index contributed by atoms with van der Waals surface area (Å²) in [6, 6.07) is 0. The Morgan fingerprint density at radius 3 is 1.87 bits per heavy atom. The number of hydrogen-bond donors (Lipinski definition) is 0. The van der Waals surface area contributed by atoms with Crippen LogP contribution in [0.2, 0.25) is 0 Å². The average molecular weight is 206 g/mol. The van der Waals surface area contributed by atoms with Gasteiger partial charge in [0.05, 0.1) is 0 Å². The Morgan fingerprint density at radius 1 is 1.00 bits per heavy atom. The number of Topliss-reactive ketones (excluding diaryl/α,β-unsaturated/α-hetero) is 3. The highest BCUT2D eigenvalue weighted by Crippen LogP contribution is 2.53. The highest BCUT2D eigenvalue weighted by atomic mass is 16.1. The van der Waals surface area contributed by atoms with Crippen LogP contribution in [-0.4, -0.2) is 17.3 Å². The summed E-state index contributed by atoms with van der Waals surface area (Å²) in [6.45, 7) is 1.52. The molecule has 4 unspecified atom stereocenters. The van der Waals surface area contributed by atoms with Crippen molar-refractivity contribution in [3.63, 3.8) is 0 Å².